The number of aromatic nitrogens is 5. The van der Waals surface area contributed by atoms with Gasteiger partial charge in [-0.25, -0.2) is 19.6 Å². The largest absolute Gasteiger partial charge is 0.454 e. The Balaban J connectivity index is 1.17. The van der Waals surface area contributed by atoms with E-state index in [0.717, 1.165) is 28.2 Å². The van der Waals surface area contributed by atoms with E-state index in [4.69, 9.17) is 4.74 Å². The van der Waals surface area contributed by atoms with Gasteiger partial charge < -0.3 is 9.64 Å². The van der Waals surface area contributed by atoms with Gasteiger partial charge in [0.25, 0.3) is 15.8 Å². The fraction of sp³-hybridized carbons (Fsp3) is 0.355. The first-order chi connectivity index (χ1) is 23.2. The molecule has 2 aromatic carbocycles. The van der Waals surface area contributed by atoms with Gasteiger partial charge in [-0.1, -0.05) is 18.2 Å². The lowest BCUT2D eigenvalue weighted by Crippen LogP contribution is -2.51. The van der Waals surface area contributed by atoms with Crippen LogP contribution in [0.15, 0.2) is 59.5 Å². The van der Waals surface area contributed by atoms with E-state index in [1.54, 1.807) is 43.5 Å². The number of carbonyl (C=O) groups excluding carboxylic acids is 1. The number of ether oxygens (including phenoxy) is 1. The number of fused-ring (bicyclic) bond motifs is 2. The number of thiazole rings is 1. The minimum absolute atomic E-state index is 0.112. The number of piperazine rings is 1. The van der Waals surface area contributed by atoms with Crippen LogP contribution in [0.4, 0.5) is 19.0 Å². The molecule has 0 aliphatic carbocycles. The number of carbonyl (C=O) groups is 1. The van der Waals surface area contributed by atoms with Gasteiger partial charge in [-0.3, -0.25) is 9.59 Å². The van der Waals surface area contributed by atoms with Crippen molar-refractivity contribution in [3.8, 4) is 0 Å². The normalized spacial score (nSPS) is 15.3. The Morgan fingerprint density at radius 2 is 1.76 bits per heavy atom. The van der Waals surface area contributed by atoms with Crippen molar-refractivity contribution in [1.29, 1.82) is 0 Å². The predicted molar refractivity (Wildman–Crippen MR) is 176 cm³/mol. The second-order valence-corrected chi connectivity index (χ2v) is 14.8. The molecule has 1 saturated heterocycles. The van der Waals surface area contributed by atoms with Crippen LogP contribution in [0.1, 0.15) is 35.1 Å². The molecule has 18 heteroatoms. The fourth-order valence-corrected chi connectivity index (χ4v) is 7.45. The summed E-state index contributed by atoms with van der Waals surface area (Å²) < 4.78 is 74.5. The Morgan fingerprint density at radius 1 is 1.04 bits per heavy atom. The molecular weight excluding hydrogens is 686 g/mol. The lowest BCUT2D eigenvalue weighted by atomic mass is 10.1. The number of halogens is 3. The maximum atomic E-state index is 13.4. The molecule has 0 bridgehead atoms. The maximum Gasteiger partial charge on any atom is 0.416 e. The summed E-state index contributed by atoms with van der Waals surface area (Å²) in [4.78, 5) is 41.6. The zero-order chi connectivity index (χ0) is 35.1. The molecule has 0 radical (unpaired) electrons. The Hall–Kier alpha value is -4.52. The van der Waals surface area contributed by atoms with E-state index in [1.807, 2.05) is 4.90 Å². The van der Waals surface area contributed by atoms with Crippen LogP contribution in [0.2, 0.25) is 0 Å². The third kappa shape index (κ3) is 7.26. The summed E-state index contributed by atoms with van der Waals surface area (Å²) in [6, 6.07) is 11.7. The summed E-state index contributed by atoms with van der Waals surface area (Å²) in [7, 11) is -0.549. The molecule has 13 nitrogen and oxygen atoms in total. The monoisotopic (exact) mass is 716 g/mol. The number of benzene rings is 2. The minimum atomic E-state index is -4.51. The van der Waals surface area contributed by atoms with E-state index in [1.165, 1.54) is 28.8 Å². The smallest absolute Gasteiger partial charge is 0.416 e. The van der Waals surface area contributed by atoms with Gasteiger partial charge in [-0.05, 0) is 37.3 Å². The molecule has 0 amide bonds. The van der Waals surface area contributed by atoms with E-state index < -0.39 is 39.6 Å². The first kappa shape index (κ1) is 34.3. The lowest BCUT2D eigenvalue weighted by Gasteiger charge is -2.35. The number of anilines is 1. The number of alkyl halides is 3. The van der Waals surface area contributed by atoms with E-state index in [2.05, 4.69) is 20.1 Å². The van der Waals surface area contributed by atoms with Crippen LogP contribution in [0.3, 0.4) is 0 Å². The van der Waals surface area contributed by atoms with Gasteiger partial charge in [-0.15, -0.1) is 11.3 Å². The van der Waals surface area contributed by atoms with Crippen molar-refractivity contribution in [3.63, 3.8) is 0 Å². The molecule has 1 fully saturated rings. The number of rotatable bonds is 9. The topological polar surface area (TPSA) is 144 Å². The Bertz CT molecular complexity index is 2200. The van der Waals surface area contributed by atoms with Crippen LogP contribution in [0.5, 0.6) is 0 Å². The number of hydrogen-bond donors (Lipinski definition) is 0. The van der Waals surface area contributed by atoms with Crippen molar-refractivity contribution in [1.82, 2.24) is 33.3 Å². The van der Waals surface area contributed by atoms with Crippen LogP contribution in [0.25, 0.3) is 21.0 Å². The molecule has 1 atom stereocenters. The first-order valence-electron chi connectivity index (χ1n) is 15.1. The quantitative estimate of drug-likeness (QED) is 0.208. The van der Waals surface area contributed by atoms with Crippen molar-refractivity contribution in [2.45, 2.75) is 32.2 Å². The molecule has 3 aromatic heterocycles. The Morgan fingerprint density at radius 3 is 2.45 bits per heavy atom. The molecule has 1 aliphatic rings. The van der Waals surface area contributed by atoms with Crippen LogP contribution in [0, 0.1) is 0 Å². The number of hydrogen-bond acceptors (Lipinski definition) is 11. The van der Waals surface area contributed by atoms with E-state index in [9.17, 15) is 31.2 Å². The summed E-state index contributed by atoms with van der Waals surface area (Å²) >= 11 is 1.15. The highest BCUT2D eigenvalue weighted by molar-refractivity contribution is 7.86. The lowest BCUT2D eigenvalue weighted by molar-refractivity contribution is -0.148. The molecule has 6 rings (SSSR count). The van der Waals surface area contributed by atoms with Gasteiger partial charge in [0, 0.05) is 51.9 Å². The van der Waals surface area contributed by atoms with Crippen molar-refractivity contribution in [2.24, 2.45) is 0 Å². The molecule has 0 N–H and O–H groups in total. The second kappa shape index (κ2) is 13.4. The highest BCUT2D eigenvalue weighted by atomic mass is 32.2. The average Bonchev–Trinajstić information content (AvgIpc) is 3.48. The third-order valence-corrected chi connectivity index (χ3v) is 10.9. The average molecular weight is 717 g/mol. The molecule has 258 valence electrons. The van der Waals surface area contributed by atoms with Crippen molar-refractivity contribution in [2.75, 3.05) is 45.2 Å². The van der Waals surface area contributed by atoms with E-state index >= 15 is 0 Å². The molecule has 0 saturated carbocycles. The zero-order valence-corrected chi connectivity index (χ0v) is 28.2. The summed E-state index contributed by atoms with van der Waals surface area (Å²) in [6.07, 6.45) is -4.10. The summed E-state index contributed by atoms with van der Waals surface area (Å²) in [5, 5.41) is 5.60. The minimum Gasteiger partial charge on any atom is -0.454 e. The van der Waals surface area contributed by atoms with E-state index in [-0.39, 0.29) is 43.1 Å². The van der Waals surface area contributed by atoms with Crippen molar-refractivity contribution in [3.05, 3.63) is 87.2 Å². The van der Waals surface area contributed by atoms with Gasteiger partial charge in [0.15, 0.2) is 11.9 Å². The predicted octanol–water partition coefficient (Wildman–Crippen LogP) is 3.64. The second-order valence-electron chi connectivity index (χ2n) is 11.5. The molecular formula is C31H31F3N8O5S2. The van der Waals surface area contributed by atoms with Crippen LogP contribution >= 0.6 is 11.3 Å². The van der Waals surface area contributed by atoms with E-state index in [0.29, 0.717) is 39.4 Å². The zero-order valence-electron chi connectivity index (χ0n) is 26.6. The molecule has 0 spiro atoms. The number of esters is 1. The SMILES string of the molecule is C[C@H](OC(=O)Cc1nn(Cc2nc3cc(C(F)(F)F)ccc3s2)c(=O)c2ccccc12)c1nccc(N2CCN(S(=O)(=O)N(C)C)CC2)n1. The maximum absolute atomic E-state index is 13.4. The van der Waals surface area contributed by atoms with Crippen molar-refractivity contribution < 1.29 is 31.1 Å². The molecule has 1 aliphatic heterocycles. The van der Waals surface area contributed by atoms with Crippen LogP contribution in [-0.4, -0.2) is 88.0 Å². The summed E-state index contributed by atoms with van der Waals surface area (Å²) in [5.74, 6) is 0.173. The fourth-order valence-electron chi connectivity index (χ4n) is 5.43. The highest BCUT2D eigenvalue weighted by Gasteiger charge is 2.31. The standard InChI is InChI=1S/C31H31F3N8O5S2/c1-19(29-35-11-10-26(37-29)40-12-14-41(15-13-40)49(45,46)39(2)3)47-28(43)17-23-21-6-4-5-7-22(21)30(44)42(38-23)18-27-36-24-16-20(31(32,33)34)8-9-25(24)48-27/h4-11,16,19H,12-15,17-18H2,1-3H3/t19-/m0/s1. The summed E-state index contributed by atoms with van der Waals surface area (Å²) in [5.41, 5.74) is -0.830. The van der Waals surface area contributed by atoms with Crippen LogP contribution in [-0.2, 0) is 38.9 Å². The van der Waals surface area contributed by atoms with Gasteiger partial charge in [0.05, 0.1) is 39.8 Å². The molecule has 0 unspecified atom stereocenters. The van der Waals surface area contributed by atoms with Gasteiger partial charge >= 0.3 is 12.1 Å². The third-order valence-electron chi connectivity index (χ3n) is 7.98. The van der Waals surface area contributed by atoms with Crippen LogP contribution < -0.4 is 10.5 Å². The molecule has 4 heterocycles. The first-order valence-corrected chi connectivity index (χ1v) is 17.3. The van der Waals surface area contributed by atoms with Crippen molar-refractivity contribution >= 4 is 54.3 Å². The molecule has 49 heavy (non-hydrogen) atoms. The van der Waals surface area contributed by atoms with Gasteiger partial charge in [0.1, 0.15) is 10.8 Å². The Kier molecular flexibility index (Phi) is 9.40. The number of nitrogens with zero attached hydrogens (tertiary/aromatic N) is 8. The summed E-state index contributed by atoms with van der Waals surface area (Å²) in [6.45, 7) is 2.91. The van der Waals surface area contributed by atoms with Gasteiger partial charge in [-0.2, -0.15) is 35.3 Å². The Labute approximate surface area is 282 Å². The highest BCUT2D eigenvalue weighted by Crippen LogP contribution is 2.33. The molecule has 5 aromatic rings. The van der Waals surface area contributed by atoms with Gasteiger partial charge in [0.2, 0.25) is 0 Å².